The van der Waals surface area contributed by atoms with E-state index in [1.165, 1.54) is 32.1 Å². The van der Waals surface area contributed by atoms with Gasteiger partial charge in [0.05, 0.1) is 6.61 Å². The van der Waals surface area contributed by atoms with Crippen LogP contribution in [0.5, 0.6) is 0 Å². The van der Waals surface area contributed by atoms with Gasteiger partial charge in [0, 0.05) is 24.5 Å². The molecule has 116 valence electrons. The summed E-state index contributed by atoms with van der Waals surface area (Å²) in [6, 6.07) is 2.17. The zero-order chi connectivity index (χ0) is 14.4. The second-order valence-corrected chi connectivity index (χ2v) is 6.11. The van der Waals surface area contributed by atoms with Crippen LogP contribution >= 0.6 is 0 Å². The van der Waals surface area contributed by atoms with Gasteiger partial charge in [-0.25, -0.2) is 0 Å². The number of hydrogen-bond donors (Lipinski definition) is 1. The van der Waals surface area contributed by atoms with Gasteiger partial charge in [-0.2, -0.15) is 0 Å². The first-order chi connectivity index (χ1) is 9.74. The van der Waals surface area contributed by atoms with E-state index in [1.54, 1.807) is 0 Å². The summed E-state index contributed by atoms with van der Waals surface area (Å²) in [5.41, 5.74) is 0. The van der Waals surface area contributed by atoms with Gasteiger partial charge < -0.3 is 10.1 Å². The van der Waals surface area contributed by atoms with E-state index in [0.717, 1.165) is 31.6 Å². The van der Waals surface area contributed by atoms with Crippen molar-refractivity contribution in [3.63, 3.8) is 0 Å². The molecule has 0 spiro atoms. The number of piperidine rings is 2. The van der Waals surface area contributed by atoms with E-state index in [1.807, 2.05) is 6.92 Å². The molecule has 0 aliphatic carbocycles. The van der Waals surface area contributed by atoms with Crippen LogP contribution in [0.25, 0.3) is 0 Å². The Labute approximate surface area is 123 Å². The van der Waals surface area contributed by atoms with Crippen LogP contribution in [0.1, 0.15) is 58.8 Å². The predicted molar refractivity (Wildman–Crippen MR) is 80.7 cm³/mol. The average Bonchev–Trinajstić information content (AvgIpc) is 2.40. The summed E-state index contributed by atoms with van der Waals surface area (Å²) in [5.74, 6) is -0.0415. The number of hydrogen-bond acceptors (Lipinski definition) is 4. The van der Waals surface area contributed by atoms with Crippen molar-refractivity contribution in [2.45, 2.75) is 76.9 Å². The summed E-state index contributed by atoms with van der Waals surface area (Å²) in [7, 11) is 0. The summed E-state index contributed by atoms with van der Waals surface area (Å²) < 4.78 is 5.01. The fraction of sp³-hybridized carbons (Fsp3) is 0.938. The summed E-state index contributed by atoms with van der Waals surface area (Å²) >= 11 is 0. The van der Waals surface area contributed by atoms with Crippen LogP contribution in [-0.2, 0) is 9.53 Å². The summed E-state index contributed by atoms with van der Waals surface area (Å²) in [6.07, 6.45) is 8.11. The van der Waals surface area contributed by atoms with Crippen molar-refractivity contribution in [1.29, 1.82) is 0 Å². The summed E-state index contributed by atoms with van der Waals surface area (Å²) in [6.45, 7) is 6.70. The van der Waals surface area contributed by atoms with Crippen LogP contribution < -0.4 is 5.32 Å². The predicted octanol–water partition coefficient (Wildman–Crippen LogP) is 2.32. The molecule has 2 rings (SSSR count). The molecule has 20 heavy (non-hydrogen) atoms. The molecule has 4 heteroatoms. The maximum absolute atomic E-state index is 11.4. The molecule has 2 heterocycles. The Hall–Kier alpha value is -0.610. The van der Waals surface area contributed by atoms with E-state index in [2.05, 4.69) is 17.1 Å². The Kier molecular flexibility index (Phi) is 6.30. The topological polar surface area (TPSA) is 41.6 Å². The molecule has 2 saturated heterocycles. The lowest BCUT2D eigenvalue weighted by atomic mass is 9.81. The van der Waals surface area contributed by atoms with Crippen molar-refractivity contribution in [1.82, 2.24) is 10.2 Å². The van der Waals surface area contributed by atoms with Gasteiger partial charge in [0.15, 0.2) is 0 Å². The van der Waals surface area contributed by atoms with Gasteiger partial charge in [-0.05, 0) is 52.1 Å². The maximum atomic E-state index is 11.4. The van der Waals surface area contributed by atoms with E-state index in [0.29, 0.717) is 19.1 Å². The molecule has 1 N–H and O–H groups in total. The molecule has 2 bridgehead atoms. The number of ether oxygens (including phenoxy) is 1. The minimum absolute atomic E-state index is 0.0415. The Morgan fingerprint density at radius 2 is 1.95 bits per heavy atom. The van der Waals surface area contributed by atoms with Crippen LogP contribution in [0.15, 0.2) is 0 Å². The smallest absolute Gasteiger partial charge is 0.305 e. The van der Waals surface area contributed by atoms with Crippen molar-refractivity contribution in [3.8, 4) is 0 Å². The van der Waals surface area contributed by atoms with Gasteiger partial charge in [-0.3, -0.25) is 9.69 Å². The minimum atomic E-state index is -0.0415. The highest BCUT2D eigenvalue weighted by atomic mass is 16.5. The van der Waals surface area contributed by atoms with E-state index >= 15 is 0 Å². The number of nitrogens with zero attached hydrogens (tertiary/aromatic N) is 1. The zero-order valence-electron chi connectivity index (χ0n) is 13.1. The van der Waals surface area contributed by atoms with Crippen molar-refractivity contribution < 1.29 is 9.53 Å². The van der Waals surface area contributed by atoms with Gasteiger partial charge in [0.25, 0.3) is 0 Å². The molecule has 2 aliphatic rings. The Morgan fingerprint density at radius 1 is 1.25 bits per heavy atom. The second-order valence-electron chi connectivity index (χ2n) is 6.11. The van der Waals surface area contributed by atoms with Crippen LogP contribution in [0.4, 0.5) is 0 Å². The lowest BCUT2D eigenvalue weighted by Gasteiger charge is -2.49. The lowest BCUT2D eigenvalue weighted by Crippen LogP contribution is -2.56. The second kappa shape index (κ2) is 7.99. The molecule has 2 atom stereocenters. The first-order valence-corrected chi connectivity index (χ1v) is 8.39. The molecule has 0 aromatic carbocycles. The van der Waals surface area contributed by atoms with Crippen LogP contribution in [-0.4, -0.2) is 48.7 Å². The molecule has 2 unspecified atom stereocenters. The van der Waals surface area contributed by atoms with E-state index in [4.69, 9.17) is 4.74 Å². The maximum Gasteiger partial charge on any atom is 0.305 e. The molecular formula is C16H30N2O2. The summed E-state index contributed by atoms with van der Waals surface area (Å²) in [4.78, 5) is 14.1. The molecule has 0 aromatic rings. The average molecular weight is 282 g/mol. The monoisotopic (exact) mass is 282 g/mol. The fourth-order valence-corrected chi connectivity index (χ4v) is 3.94. The molecular weight excluding hydrogens is 252 g/mol. The van der Waals surface area contributed by atoms with Crippen molar-refractivity contribution in [2.75, 3.05) is 19.7 Å². The van der Waals surface area contributed by atoms with E-state index in [9.17, 15) is 4.79 Å². The molecule has 2 aliphatic heterocycles. The minimum Gasteiger partial charge on any atom is -0.466 e. The standard InChI is InChI=1S/C16H30N2O2/c1-3-17-13-11-14-7-5-8-15(12-13)18(14)10-6-9-16(19)20-4-2/h13-15,17H,3-12H2,1-2H3. The first-order valence-electron chi connectivity index (χ1n) is 8.39. The van der Waals surface area contributed by atoms with Gasteiger partial charge in [-0.15, -0.1) is 0 Å². The molecule has 0 aromatic heterocycles. The third-order valence-electron chi connectivity index (χ3n) is 4.72. The molecule has 0 radical (unpaired) electrons. The summed E-state index contributed by atoms with van der Waals surface area (Å²) in [5, 5.41) is 3.62. The number of fused-ring (bicyclic) bond motifs is 2. The molecule has 4 nitrogen and oxygen atoms in total. The number of carbonyl (C=O) groups is 1. The van der Waals surface area contributed by atoms with Crippen molar-refractivity contribution in [3.05, 3.63) is 0 Å². The third kappa shape index (κ3) is 4.19. The fourth-order valence-electron chi connectivity index (χ4n) is 3.94. The van der Waals surface area contributed by atoms with Gasteiger partial charge in [0.1, 0.15) is 0 Å². The SMILES string of the molecule is CCNC1CC2CCCC(C1)N2CCCC(=O)OCC. The first kappa shape index (κ1) is 15.8. The highest BCUT2D eigenvalue weighted by molar-refractivity contribution is 5.69. The van der Waals surface area contributed by atoms with Gasteiger partial charge >= 0.3 is 5.97 Å². The lowest BCUT2D eigenvalue weighted by molar-refractivity contribution is -0.143. The van der Waals surface area contributed by atoms with Gasteiger partial charge in [-0.1, -0.05) is 13.3 Å². The quantitative estimate of drug-likeness (QED) is 0.728. The van der Waals surface area contributed by atoms with E-state index in [-0.39, 0.29) is 5.97 Å². The Balaban J connectivity index is 1.78. The number of nitrogens with one attached hydrogen (secondary N) is 1. The molecule has 0 amide bonds. The van der Waals surface area contributed by atoms with E-state index < -0.39 is 0 Å². The third-order valence-corrected chi connectivity index (χ3v) is 4.72. The Morgan fingerprint density at radius 3 is 2.55 bits per heavy atom. The van der Waals surface area contributed by atoms with Crippen LogP contribution in [0, 0.1) is 0 Å². The van der Waals surface area contributed by atoms with Crippen molar-refractivity contribution in [2.24, 2.45) is 0 Å². The number of esters is 1. The highest BCUT2D eigenvalue weighted by Crippen LogP contribution is 2.34. The molecule has 0 saturated carbocycles. The largest absolute Gasteiger partial charge is 0.466 e. The molecule has 2 fully saturated rings. The normalized spacial score (nSPS) is 30.2. The van der Waals surface area contributed by atoms with Crippen molar-refractivity contribution >= 4 is 5.97 Å². The van der Waals surface area contributed by atoms with Crippen LogP contribution in [0.3, 0.4) is 0 Å². The number of rotatable bonds is 7. The van der Waals surface area contributed by atoms with Crippen LogP contribution in [0.2, 0.25) is 0 Å². The highest BCUT2D eigenvalue weighted by Gasteiger charge is 2.37. The number of carbonyl (C=O) groups excluding carboxylic acids is 1. The Bertz CT molecular complexity index is 295. The van der Waals surface area contributed by atoms with Gasteiger partial charge in [0.2, 0.25) is 0 Å². The zero-order valence-corrected chi connectivity index (χ0v) is 13.1.